The van der Waals surface area contributed by atoms with Gasteiger partial charge in [0.05, 0.1) is 11.3 Å². The highest BCUT2D eigenvalue weighted by atomic mass is 16.4. The molecule has 100 valence electrons. The van der Waals surface area contributed by atoms with Crippen LogP contribution in [0.4, 0.5) is 5.82 Å². The largest absolute Gasteiger partial charge is 0.409 e. The number of nitrogens with zero attached hydrogens (tertiary/aromatic N) is 4. The van der Waals surface area contributed by atoms with Gasteiger partial charge in [-0.3, -0.25) is 0 Å². The Hall–Kier alpha value is -1.85. The number of oxime groups is 1. The van der Waals surface area contributed by atoms with Crippen LogP contribution in [0.1, 0.15) is 37.1 Å². The highest BCUT2D eigenvalue weighted by Crippen LogP contribution is 2.23. The molecule has 0 fully saturated rings. The first kappa shape index (κ1) is 14.2. The molecule has 1 heterocycles. The van der Waals surface area contributed by atoms with Crippen LogP contribution >= 0.6 is 0 Å². The number of amidine groups is 1. The minimum Gasteiger partial charge on any atom is -0.409 e. The van der Waals surface area contributed by atoms with Gasteiger partial charge in [-0.2, -0.15) is 5.10 Å². The van der Waals surface area contributed by atoms with E-state index < -0.39 is 0 Å². The van der Waals surface area contributed by atoms with E-state index in [-0.39, 0.29) is 5.84 Å². The van der Waals surface area contributed by atoms with Gasteiger partial charge in [-0.25, -0.2) is 0 Å². The van der Waals surface area contributed by atoms with Crippen molar-refractivity contribution >= 4 is 11.7 Å². The highest BCUT2D eigenvalue weighted by molar-refractivity contribution is 6.02. The van der Waals surface area contributed by atoms with E-state index in [4.69, 9.17) is 10.9 Å². The number of rotatable bonds is 4. The summed E-state index contributed by atoms with van der Waals surface area (Å²) in [4.78, 5) is 1.99. The molecule has 0 bridgehead atoms. The van der Waals surface area contributed by atoms with Gasteiger partial charge in [-0.05, 0) is 32.8 Å². The minimum absolute atomic E-state index is 0.0654. The Labute approximate surface area is 108 Å². The molecule has 0 radical (unpaired) electrons. The van der Waals surface area contributed by atoms with Crippen molar-refractivity contribution in [3.8, 4) is 0 Å². The average molecular weight is 251 g/mol. The summed E-state index contributed by atoms with van der Waals surface area (Å²) in [7, 11) is 1.93. The zero-order valence-electron chi connectivity index (χ0n) is 11.6. The van der Waals surface area contributed by atoms with Crippen molar-refractivity contribution in [2.75, 3.05) is 11.9 Å². The van der Waals surface area contributed by atoms with Gasteiger partial charge in [0.2, 0.25) is 0 Å². The summed E-state index contributed by atoms with van der Waals surface area (Å²) in [6, 6.07) is 0.298. The lowest BCUT2D eigenvalue weighted by Crippen LogP contribution is -2.32. The van der Waals surface area contributed by atoms with E-state index in [0.717, 1.165) is 17.7 Å². The van der Waals surface area contributed by atoms with Crippen LogP contribution in [0, 0.1) is 13.8 Å². The molecule has 0 amide bonds. The maximum atomic E-state index is 8.90. The van der Waals surface area contributed by atoms with Crippen molar-refractivity contribution in [2.24, 2.45) is 10.9 Å². The fourth-order valence-electron chi connectivity index (χ4n) is 1.68. The third kappa shape index (κ3) is 2.52. The Morgan fingerprint density at radius 3 is 2.56 bits per heavy atom. The predicted octanol–water partition coefficient (Wildman–Crippen LogP) is 1.42. The summed E-state index contributed by atoms with van der Waals surface area (Å²) in [5.74, 6) is 0.707. The van der Waals surface area contributed by atoms with Gasteiger partial charge in [0, 0.05) is 13.1 Å². The fraction of sp³-hybridized carbons (Fsp3) is 0.583. The third-order valence-corrected chi connectivity index (χ3v) is 3.39. The lowest BCUT2D eigenvalue weighted by Gasteiger charge is -2.27. The second-order valence-electron chi connectivity index (χ2n) is 4.46. The van der Waals surface area contributed by atoms with Crippen LogP contribution in [-0.2, 0) is 0 Å². The van der Waals surface area contributed by atoms with Gasteiger partial charge in [0.15, 0.2) is 11.7 Å². The smallest absolute Gasteiger partial charge is 0.174 e. The molecule has 6 nitrogen and oxygen atoms in total. The van der Waals surface area contributed by atoms with Gasteiger partial charge in [0.25, 0.3) is 0 Å². The van der Waals surface area contributed by atoms with Gasteiger partial charge in [0.1, 0.15) is 0 Å². The molecule has 1 atom stereocenters. The van der Waals surface area contributed by atoms with E-state index in [2.05, 4.69) is 29.2 Å². The third-order valence-electron chi connectivity index (χ3n) is 3.39. The molecule has 0 saturated heterocycles. The van der Waals surface area contributed by atoms with Crippen molar-refractivity contribution < 1.29 is 5.21 Å². The standard InChI is InChI=1S/C12H21N5O/c1-6-7(2)17(5)12-10(11(13)16-18)8(3)9(4)14-15-12/h7,18H,6H2,1-5H3,(H2,13,16). The number of hydrogen-bond donors (Lipinski definition) is 2. The molecule has 1 aromatic heterocycles. The first-order valence-corrected chi connectivity index (χ1v) is 5.98. The molecule has 0 saturated carbocycles. The lowest BCUT2D eigenvalue weighted by molar-refractivity contribution is 0.318. The zero-order valence-corrected chi connectivity index (χ0v) is 11.6. The van der Waals surface area contributed by atoms with E-state index in [1.807, 2.05) is 25.8 Å². The number of nitrogens with two attached hydrogens (primary N) is 1. The molecular weight excluding hydrogens is 230 g/mol. The van der Waals surface area contributed by atoms with Crippen LogP contribution in [0.2, 0.25) is 0 Å². The molecule has 3 N–H and O–H groups in total. The molecule has 1 rings (SSSR count). The Balaban J connectivity index is 3.40. The van der Waals surface area contributed by atoms with E-state index in [1.54, 1.807) is 0 Å². The number of hydrogen-bond acceptors (Lipinski definition) is 5. The zero-order chi connectivity index (χ0) is 13.9. The van der Waals surface area contributed by atoms with E-state index in [1.165, 1.54) is 0 Å². The normalized spacial score (nSPS) is 13.5. The highest BCUT2D eigenvalue weighted by Gasteiger charge is 2.20. The van der Waals surface area contributed by atoms with Crippen molar-refractivity contribution in [3.05, 3.63) is 16.8 Å². The van der Waals surface area contributed by atoms with Crippen molar-refractivity contribution in [3.63, 3.8) is 0 Å². The molecule has 1 unspecified atom stereocenters. The predicted molar refractivity (Wildman–Crippen MR) is 72.2 cm³/mol. The maximum absolute atomic E-state index is 8.90. The lowest BCUT2D eigenvalue weighted by atomic mass is 10.1. The fourth-order valence-corrected chi connectivity index (χ4v) is 1.68. The molecular formula is C12H21N5O. The first-order valence-electron chi connectivity index (χ1n) is 5.98. The Kier molecular flexibility index (Phi) is 4.47. The monoisotopic (exact) mass is 251 g/mol. The number of aryl methyl sites for hydroxylation is 1. The second kappa shape index (κ2) is 5.66. The molecule has 18 heavy (non-hydrogen) atoms. The van der Waals surface area contributed by atoms with Crippen LogP contribution < -0.4 is 10.6 Å². The summed E-state index contributed by atoms with van der Waals surface area (Å²) < 4.78 is 0. The molecule has 0 aliphatic heterocycles. The van der Waals surface area contributed by atoms with Crippen LogP contribution in [0.5, 0.6) is 0 Å². The van der Waals surface area contributed by atoms with Gasteiger partial charge in [-0.1, -0.05) is 12.1 Å². The van der Waals surface area contributed by atoms with Crippen LogP contribution in [0.3, 0.4) is 0 Å². The molecule has 1 aromatic rings. The van der Waals surface area contributed by atoms with Crippen LogP contribution in [-0.4, -0.2) is 34.3 Å². The molecule has 0 aromatic carbocycles. The number of aromatic nitrogens is 2. The minimum atomic E-state index is 0.0654. The second-order valence-corrected chi connectivity index (χ2v) is 4.46. The molecule has 6 heteroatoms. The van der Waals surface area contributed by atoms with Crippen molar-refractivity contribution in [1.29, 1.82) is 0 Å². The summed E-state index contributed by atoms with van der Waals surface area (Å²) >= 11 is 0. The summed E-state index contributed by atoms with van der Waals surface area (Å²) in [6.45, 7) is 7.93. The van der Waals surface area contributed by atoms with E-state index in [0.29, 0.717) is 17.4 Å². The Bertz CT molecular complexity index is 458. The van der Waals surface area contributed by atoms with Gasteiger partial charge < -0.3 is 15.8 Å². The molecule has 0 aliphatic carbocycles. The van der Waals surface area contributed by atoms with Crippen LogP contribution in [0.25, 0.3) is 0 Å². The van der Waals surface area contributed by atoms with Crippen LogP contribution in [0.15, 0.2) is 5.16 Å². The van der Waals surface area contributed by atoms with Gasteiger partial charge >= 0.3 is 0 Å². The van der Waals surface area contributed by atoms with Crippen molar-refractivity contribution in [2.45, 2.75) is 40.2 Å². The summed E-state index contributed by atoms with van der Waals surface area (Å²) in [5.41, 5.74) is 8.05. The Morgan fingerprint density at radius 2 is 2.06 bits per heavy atom. The maximum Gasteiger partial charge on any atom is 0.174 e. The quantitative estimate of drug-likeness (QED) is 0.366. The number of anilines is 1. The molecule has 0 spiro atoms. The van der Waals surface area contributed by atoms with E-state index >= 15 is 0 Å². The molecule has 0 aliphatic rings. The first-order chi connectivity index (χ1) is 8.43. The topological polar surface area (TPSA) is 87.6 Å². The average Bonchev–Trinajstić information content (AvgIpc) is 2.39. The van der Waals surface area contributed by atoms with E-state index in [9.17, 15) is 0 Å². The van der Waals surface area contributed by atoms with Crippen molar-refractivity contribution in [1.82, 2.24) is 10.2 Å². The summed E-state index contributed by atoms with van der Waals surface area (Å²) in [6.07, 6.45) is 0.973. The summed E-state index contributed by atoms with van der Waals surface area (Å²) in [5, 5.41) is 20.3. The SMILES string of the molecule is CCC(C)N(C)c1nnc(C)c(C)c1/C(N)=N/O. The Morgan fingerprint density at radius 1 is 1.44 bits per heavy atom. The van der Waals surface area contributed by atoms with Gasteiger partial charge in [-0.15, -0.1) is 5.10 Å².